The lowest BCUT2D eigenvalue weighted by Crippen LogP contribution is -2.04. The first-order valence-electron chi connectivity index (χ1n) is 8.75. The zero-order chi connectivity index (χ0) is 19.8. The number of esters is 1. The van der Waals surface area contributed by atoms with Gasteiger partial charge in [-0.25, -0.2) is 14.3 Å². The Balaban J connectivity index is 1.83. The summed E-state index contributed by atoms with van der Waals surface area (Å²) in [6, 6.07) is 3.91. The minimum atomic E-state index is -0.432. The summed E-state index contributed by atoms with van der Waals surface area (Å²) in [7, 11) is 1.49. The summed E-state index contributed by atoms with van der Waals surface area (Å²) in [6.45, 7) is 6.01. The number of pyridine rings is 1. The van der Waals surface area contributed by atoms with Crippen LogP contribution in [-0.2, 0) is 4.74 Å². The Morgan fingerprint density at radius 1 is 1.36 bits per heavy atom. The van der Waals surface area contributed by atoms with Crippen molar-refractivity contribution in [3.05, 3.63) is 40.8 Å². The third-order valence-electron chi connectivity index (χ3n) is 4.42. The molecule has 9 heteroatoms. The van der Waals surface area contributed by atoms with Crippen LogP contribution in [0, 0.1) is 13.8 Å². The van der Waals surface area contributed by atoms with Crippen LogP contribution in [0.4, 0.5) is 0 Å². The smallest absolute Gasteiger partial charge is 0.354 e. The Morgan fingerprint density at radius 2 is 2.18 bits per heavy atom. The molecule has 28 heavy (non-hydrogen) atoms. The van der Waals surface area contributed by atoms with E-state index in [1.54, 1.807) is 6.92 Å². The van der Waals surface area contributed by atoms with Gasteiger partial charge in [0.25, 0.3) is 0 Å². The molecule has 0 aliphatic rings. The van der Waals surface area contributed by atoms with E-state index in [1.807, 2.05) is 42.9 Å². The monoisotopic (exact) mass is 397 g/mol. The van der Waals surface area contributed by atoms with E-state index in [0.29, 0.717) is 16.5 Å². The molecule has 0 amide bonds. The number of fused-ring (bicyclic) bond motifs is 1. The Morgan fingerprint density at radius 3 is 2.86 bits per heavy atom. The Kier molecular flexibility index (Phi) is 4.60. The van der Waals surface area contributed by atoms with Crippen molar-refractivity contribution < 1.29 is 14.3 Å². The number of hydrogen-bond acceptors (Lipinski definition) is 7. The number of thiazole rings is 1. The van der Waals surface area contributed by atoms with Gasteiger partial charge in [-0.05, 0) is 32.9 Å². The zero-order valence-electron chi connectivity index (χ0n) is 15.9. The summed E-state index contributed by atoms with van der Waals surface area (Å²) in [6.07, 6.45) is 3.70. The van der Waals surface area contributed by atoms with Crippen molar-refractivity contribution in [3.8, 4) is 27.6 Å². The number of carbonyl (C=O) groups is 1. The predicted octanol–water partition coefficient (Wildman–Crippen LogP) is 3.65. The van der Waals surface area contributed by atoms with Crippen molar-refractivity contribution in [1.29, 1.82) is 0 Å². The molecule has 0 aliphatic carbocycles. The molecule has 0 spiro atoms. The average molecular weight is 397 g/mol. The van der Waals surface area contributed by atoms with E-state index < -0.39 is 5.97 Å². The van der Waals surface area contributed by atoms with Crippen LogP contribution in [0.2, 0.25) is 0 Å². The Hall–Kier alpha value is -3.20. The molecule has 4 rings (SSSR count). The van der Waals surface area contributed by atoms with Gasteiger partial charge >= 0.3 is 5.97 Å². The summed E-state index contributed by atoms with van der Waals surface area (Å²) in [5, 5.41) is 12.4. The number of aromatic amines is 1. The van der Waals surface area contributed by atoms with Gasteiger partial charge in [0.1, 0.15) is 5.01 Å². The van der Waals surface area contributed by atoms with Crippen molar-refractivity contribution >= 4 is 22.8 Å². The first kappa shape index (κ1) is 18.2. The topological polar surface area (TPSA) is 94.4 Å². The first-order chi connectivity index (χ1) is 13.5. The minimum Gasteiger partial charge on any atom is -0.480 e. The van der Waals surface area contributed by atoms with Gasteiger partial charge in [-0.2, -0.15) is 10.2 Å². The second-order valence-electron chi connectivity index (χ2n) is 6.19. The number of ether oxygens (including phenoxy) is 2. The van der Waals surface area contributed by atoms with Crippen LogP contribution in [-0.4, -0.2) is 44.5 Å². The molecule has 4 aromatic heterocycles. The SMILES string of the molecule is CCOC(=O)c1sc(-c2ccn3ncc(-c4c(C)n[nH]c4C)c3c2)nc1OC. The average Bonchev–Trinajstić information content (AvgIpc) is 3.38. The maximum Gasteiger partial charge on any atom is 0.354 e. The molecule has 4 heterocycles. The number of nitrogens with one attached hydrogen (secondary N) is 1. The highest BCUT2D eigenvalue weighted by Crippen LogP contribution is 2.35. The van der Waals surface area contributed by atoms with E-state index in [4.69, 9.17) is 9.47 Å². The molecular formula is C19H19N5O3S. The van der Waals surface area contributed by atoms with E-state index in [1.165, 1.54) is 18.4 Å². The van der Waals surface area contributed by atoms with Gasteiger partial charge in [0.2, 0.25) is 5.88 Å². The number of aryl methyl sites for hydroxylation is 2. The highest BCUT2D eigenvalue weighted by atomic mass is 32.1. The molecule has 0 unspecified atom stereocenters. The molecule has 0 radical (unpaired) electrons. The predicted molar refractivity (Wildman–Crippen MR) is 106 cm³/mol. The fourth-order valence-corrected chi connectivity index (χ4v) is 4.07. The lowest BCUT2D eigenvalue weighted by Gasteiger charge is -2.02. The van der Waals surface area contributed by atoms with Gasteiger partial charge in [0.05, 0.1) is 31.1 Å². The third kappa shape index (κ3) is 2.93. The third-order valence-corrected chi connectivity index (χ3v) is 5.48. The summed E-state index contributed by atoms with van der Waals surface area (Å²) in [5.41, 5.74) is 5.72. The molecule has 8 nitrogen and oxygen atoms in total. The van der Waals surface area contributed by atoms with Crippen LogP contribution in [0.3, 0.4) is 0 Å². The molecule has 0 fully saturated rings. The van der Waals surface area contributed by atoms with Crippen LogP contribution in [0.15, 0.2) is 24.5 Å². The van der Waals surface area contributed by atoms with E-state index in [9.17, 15) is 4.79 Å². The van der Waals surface area contributed by atoms with Gasteiger partial charge < -0.3 is 9.47 Å². The van der Waals surface area contributed by atoms with Crippen LogP contribution < -0.4 is 4.74 Å². The minimum absolute atomic E-state index is 0.272. The maximum atomic E-state index is 12.2. The zero-order valence-corrected chi connectivity index (χ0v) is 16.8. The fraction of sp³-hybridized carbons (Fsp3) is 0.263. The summed E-state index contributed by atoms with van der Waals surface area (Å²) >= 11 is 1.25. The normalized spacial score (nSPS) is 11.1. The fourth-order valence-electron chi connectivity index (χ4n) is 3.15. The first-order valence-corrected chi connectivity index (χ1v) is 9.56. The molecule has 0 aliphatic heterocycles. The molecule has 0 atom stereocenters. The second kappa shape index (κ2) is 7.08. The number of methoxy groups -OCH3 is 1. The van der Waals surface area contributed by atoms with Gasteiger partial charge in [-0.15, -0.1) is 11.3 Å². The van der Waals surface area contributed by atoms with E-state index in [2.05, 4.69) is 20.3 Å². The highest BCUT2D eigenvalue weighted by Gasteiger charge is 2.22. The van der Waals surface area contributed by atoms with E-state index >= 15 is 0 Å². The summed E-state index contributed by atoms with van der Waals surface area (Å²) in [5.74, 6) is -0.160. The number of H-pyrrole nitrogens is 1. The van der Waals surface area contributed by atoms with Gasteiger partial charge in [-0.1, -0.05) is 0 Å². The largest absolute Gasteiger partial charge is 0.480 e. The van der Waals surface area contributed by atoms with E-state index in [-0.39, 0.29) is 5.88 Å². The molecule has 4 aromatic rings. The molecule has 1 N–H and O–H groups in total. The van der Waals surface area contributed by atoms with Crippen LogP contribution in [0.1, 0.15) is 28.0 Å². The molecule has 144 valence electrons. The number of carbonyl (C=O) groups excluding carboxylic acids is 1. The lowest BCUT2D eigenvalue weighted by molar-refractivity contribution is 0.0528. The van der Waals surface area contributed by atoms with Crippen molar-refractivity contribution in [1.82, 2.24) is 24.8 Å². The van der Waals surface area contributed by atoms with Gasteiger partial charge in [0, 0.05) is 28.6 Å². The quantitative estimate of drug-likeness (QED) is 0.517. The maximum absolute atomic E-state index is 12.2. The number of hydrogen-bond donors (Lipinski definition) is 1. The Bertz CT molecular complexity index is 1150. The molecule has 0 aromatic carbocycles. The van der Waals surface area contributed by atoms with Crippen LogP contribution >= 0.6 is 11.3 Å². The number of nitrogens with zero attached hydrogens (tertiary/aromatic N) is 4. The molecule has 0 bridgehead atoms. The summed E-state index contributed by atoms with van der Waals surface area (Å²) in [4.78, 5) is 17.0. The lowest BCUT2D eigenvalue weighted by atomic mass is 10.1. The number of rotatable bonds is 5. The molecular weight excluding hydrogens is 378 g/mol. The molecule has 0 saturated heterocycles. The van der Waals surface area contributed by atoms with Crippen LogP contribution in [0.5, 0.6) is 5.88 Å². The van der Waals surface area contributed by atoms with Crippen molar-refractivity contribution in [2.75, 3.05) is 13.7 Å². The highest BCUT2D eigenvalue weighted by molar-refractivity contribution is 7.17. The molecule has 0 saturated carbocycles. The Labute approximate surface area is 165 Å². The van der Waals surface area contributed by atoms with Crippen molar-refractivity contribution in [3.63, 3.8) is 0 Å². The second-order valence-corrected chi connectivity index (χ2v) is 7.19. The van der Waals surface area contributed by atoms with Gasteiger partial charge in [-0.3, -0.25) is 5.10 Å². The van der Waals surface area contributed by atoms with Crippen molar-refractivity contribution in [2.24, 2.45) is 0 Å². The standard InChI is InChI=1S/C19H19N5O3S/c1-5-27-19(25)16-17(26-4)21-18(28-16)12-6-7-24-14(8-12)13(9-20-24)15-10(2)22-23-11(15)3/h6-9H,5H2,1-4H3,(H,22,23). The van der Waals surface area contributed by atoms with E-state index in [0.717, 1.165) is 33.6 Å². The summed E-state index contributed by atoms with van der Waals surface area (Å²) < 4.78 is 12.2. The van der Waals surface area contributed by atoms with Gasteiger partial charge in [0.15, 0.2) is 4.88 Å². The number of aromatic nitrogens is 5. The van der Waals surface area contributed by atoms with Crippen LogP contribution in [0.25, 0.3) is 27.2 Å². The van der Waals surface area contributed by atoms with Crippen molar-refractivity contribution in [2.45, 2.75) is 20.8 Å².